The Morgan fingerprint density at radius 1 is 1.19 bits per heavy atom. The van der Waals surface area contributed by atoms with Crippen molar-refractivity contribution in [2.75, 3.05) is 23.3 Å². The predicted molar refractivity (Wildman–Crippen MR) is 124 cm³/mol. The zero-order chi connectivity index (χ0) is 23.0. The van der Waals surface area contributed by atoms with Crippen LogP contribution in [0.1, 0.15) is 68.9 Å². The van der Waals surface area contributed by atoms with Crippen molar-refractivity contribution in [3.8, 4) is 0 Å². The number of hydrogen-bond donors (Lipinski definition) is 4. The number of carbonyl (C=O) groups excluding carboxylic acids is 1. The number of anilines is 3. The van der Waals surface area contributed by atoms with Gasteiger partial charge in [-0.05, 0) is 55.4 Å². The lowest BCUT2D eigenvalue weighted by atomic mass is 9.83. The van der Waals surface area contributed by atoms with E-state index in [9.17, 15) is 9.90 Å². The minimum absolute atomic E-state index is 0.0717. The van der Waals surface area contributed by atoms with E-state index in [1.54, 1.807) is 13.8 Å². The number of nitrogens with zero attached hydrogens (tertiary/aromatic N) is 3. The van der Waals surface area contributed by atoms with Crippen LogP contribution in [0.4, 0.5) is 17.5 Å². The highest BCUT2D eigenvalue weighted by atomic mass is 16.3. The molecule has 1 amide bonds. The first-order valence-corrected chi connectivity index (χ1v) is 10.7. The lowest BCUT2D eigenvalue weighted by Gasteiger charge is -2.31. The highest BCUT2D eigenvalue weighted by molar-refractivity contribution is 5.98. The lowest BCUT2D eigenvalue weighted by molar-refractivity contribution is 0.0785. The Bertz CT molecular complexity index is 929. The van der Waals surface area contributed by atoms with Crippen molar-refractivity contribution in [3.63, 3.8) is 0 Å². The fourth-order valence-electron chi connectivity index (χ4n) is 3.61. The minimum atomic E-state index is -1.02. The molecule has 0 bridgehead atoms. The molecule has 0 radical (unpaired) electrons. The van der Waals surface area contributed by atoms with Gasteiger partial charge in [-0.25, -0.2) is 4.98 Å². The van der Waals surface area contributed by atoms with Crippen molar-refractivity contribution in [2.45, 2.75) is 64.5 Å². The van der Waals surface area contributed by atoms with Crippen LogP contribution in [0.3, 0.4) is 0 Å². The number of piperidine rings is 1. The van der Waals surface area contributed by atoms with Crippen molar-refractivity contribution >= 4 is 23.4 Å². The monoisotopic (exact) mass is 426 g/mol. The number of hydrogen-bond acceptors (Lipinski definition) is 7. The van der Waals surface area contributed by atoms with Crippen LogP contribution in [0.25, 0.3) is 0 Å². The summed E-state index contributed by atoms with van der Waals surface area (Å²) in [6, 6.07) is 5.93. The summed E-state index contributed by atoms with van der Waals surface area (Å²) >= 11 is 0. The second-order valence-electron chi connectivity index (χ2n) is 9.88. The van der Waals surface area contributed by atoms with Crippen molar-refractivity contribution in [3.05, 3.63) is 41.1 Å². The molecule has 1 unspecified atom stereocenters. The Balaban J connectivity index is 2.04. The van der Waals surface area contributed by atoms with Crippen molar-refractivity contribution < 1.29 is 9.90 Å². The molecule has 0 saturated carbocycles. The SMILES string of the molecule is CC(C)(C)c1cc(Nc2nc(N3CCCC(N)C3)ncc2C(N)=O)cc(C(C)(C)O)c1. The molecule has 2 aromatic rings. The number of nitrogens with two attached hydrogens (primary N) is 2. The maximum Gasteiger partial charge on any atom is 0.254 e. The van der Waals surface area contributed by atoms with Crippen molar-refractivity contribution in [2.24, 2.45) is 11.5 Å². The summed E-state index contributed by atoms with van der Waals surface area (Å²) in [6.07, 6.45) is 3.39. The number of aromatic nitrogens is 2. The van der Waals surface area contributed by atoms with Gasteiger partial charge in [-0.1, -0.05) is 26.8 Å². The maximum absolute atomic E-state index is 12.0. The highest BCUT2D eigenvalue weighted by Crippen LogP contribution is 2.32. The van der Waals surface area contributed by atoms with E-state index in [2.05, 4.69) is 36.1 Å². The van der Waals surface area contributed by atoms with E-state index >= 15 is 0 Å². The van der Waals surface area contributed by atoms with Crippen LogP contribution in [-0.4, -0.2) is 40.1 Å². The molecule has 1 saturated heterocycles. The van der Waals surface area contributed by atoms with Crippen LogP contribution in [0.15, 0.2) is 24.4 Å². The molecule has 1 atom stereocenters. The fourth-order valence-corrected chi connectivity index (χ4v) is 3.61. The van der Waals surface area contributed by atoms with Crippen LogP contribution in [0.5, 0.6) is 0 Å². The topological polar surface area (TPSA) is 130 Å². The molecule has 1 aliphatic rings. The maximum atomic E-state index is 12.0. The molecule has 3 rings (SSSR count). The number of amides is 1. The number of aliphatic hydroxyl groups is 1. The van der Waals surface area contributed by atoms with Crippen molar-refractivity contribution in [1.82, 2.24) is 9.97 Å². The summed E-state index contributed by atoms with van der Waals surface area (Å²) < 4.78 is 0. The van der Waals surface area contributed by atoms with Crippen LogP contribution >= 0.6 is 0 Å². The summed E-state index contributed by atoms with van der Waals surface area (Å²) in [6.45, 7) is 11.3. The number of carbonyl (C=O) groups is 1. The third kappa shape index (κ3) is 5.51. The standard InChI is InChI=1S/C23H34N6O2/c1-22(2,3)14-9-15(23(4,5)31)11-17(10-14)27-20-18(19(25)30)12-26-21(28-20)29-8-6-7-16(24)13-29/h9-12,16,31H,6-8,13,24H2,1-5H3,(H2,25,30)(H,26,27,28). The van der Waals surface area contributed by atoms with Crippen LogP contribution in [-0.2, 0) is 11.0 Å². The molecule has 8 nitrogen and oxygen atoms in total. The third-order valence-electron chi connectivity index (χ3n) is 5.55. The van der Waals surface area contributed by atoms with Gasteiger partial charge < -0.3 is 26.8 Å². The van der Waals surface area contributed by atoms with Gasteiger partial charge in [0, 0.05) is 31.0 Å². The Morgan fingerprint density at radius 2 is 1.87 bits per heavy atom. The molecule has 1 aliphatic heterocycles. The average molecular weight is 427 g/mol. The molecule has 31 heavy (non-hydrogen) atoms. The second-order valence-corrected chi connectivity index (χ2v) is 9.88. The van der Waals surface area contributed by atoms with Gasteiger partial charge in [-0.2, -0.15) is 4.98 Å². The summed E-state index contributed by atoms with van der Waals surface area (Å²) in [5, 5.41) is 13.9. The van der Waals surface area contributed by atoms with E-state index in [1.807, 2.05) is 23.1 Å². The molecule has 1 aromatic carbocycles. The summed E-state index contributed by atoms with van der Waals surface area (Å²) in [5.41, 5.74) is 13.3. The third-order valence-corrected chi connectivity index (χ3v) is 5.55. The van der Waals surface area contributed by atoms with Gasteiger partial charge in [0.05, 0.1) is 5.60 Å². The zero-order valence-corrected chi connectivity index (χ0v) is 19.1. The van der Waals surface area contributed by atoms with E-state index in [1.165, 1.54) is 6.20 Å². The lowest BCUT2D eigenvalue weighted by Crippen LogP contribution is -2.43. The minimum Gasteiger partial charge on any atom is -0.386 e. The molecule has 6 N–H and O–H groups in total. The number of primary amides is 1. The Kier molecular flexibility index (Phi) is 6.25. The number of rotatable bonds is 5. The number of benzene rings is 1. The number of nitrogens with one attached hydrogen (secondary N) is 1. The summed E-state index contributed by atoms with van der Waals surface area (Å²) in [4.78, 5) is 23.0. The second kappa shape index (κ2) is 8.43. The van der Waals surface area contributed by atoms with E-state index in [4.69, 9.17) is 11.5 Å². The van der Waals surface area contributed by atoms with Crippen LogP contribution in [0, 0.1) is 0 Å². The van der Waals surface area contributed by atoms with E-state index in [-0.39, 0.29) is 17.0 Å². The van der Waals surface area contributed by atoms with Gasteiger partial charge in [0.1, 0.15) is 11.4 Å². The Hall–Kier alpha value is -2.71. The summed E-state index contributed by atoms with van der Waals surface area (Å²) in [5.74, 6) is 0.237. The molecule has 2 heterocycles. The van der Waals surface area contributed by atoms with Gasteiger partial charge in [0.15, 0.2) is 0 Å². The quantitative estimate of drug-likeness (QED) is 0.578. The molecule has 1 aromatic heterocycles. The Morgan fingerprint density at radius 3 is 2.45 bits per heavy atom. The highest BCUT2D eigenvalue weighted by Gasteiger charge is 2.24. The first-order valence-electron chi connectivity index (χ1n) is 10.7. The van der Waals surface area contributed by atoms with Gasteiger partial charge in [-0.15, -0.1) is 0 Å². The smallest absolute Gasteiger partial charge is 0.254 e. The van der Waals surface area contributed by atoms with Gasteiger partial charge in [-0.3, -0.25) is 4.79 Å². The van der Waals surface area contributed by atoms with Crippen LogP contribution in [0.2, 0.25) is 0 Å². The molecule has 0 spiro atoms. The largest absolute Gasteiger partial charge is 0.386 e. The summed E-state index contributed by atoms with van der Waals surface area (Å²) in [7, 11) is 0. The molecule has 8 heteroatoms. The van der Waals surface area contributed by atoms with E-state index in [0.29, 0.717) is 24.0 Å². The van der Waals surface area contributed by atoms with Gasteiger partial charge in [0.2, 0.25) is 5.95 Å². The fraction of sp³-hybridized carbons (Fsp3) is 0.522. The van der Waals surface area contributed by atoms with E-state index < -0.39 is 11.5 Å². The average Bonchev–Trinajstić information content (AvgIpc) is 2.66. The normalized spacial score (nSPS) is 17.5. The van der Waals surface area contributed by atoms with E-state index in [0.717, 1.165) is 30.5 Å². The first kappa shape index (κ1) is 23.0. The molecular formula is C23H34N6O2. The Labute approximate surface area is 184 Å². The van der Waals surface area contributed by atoms with Gasteiger partial charge >= 0.3 is 0 Å². The predicted octanol–water partition coefficient (Wildman–Crippen LogP) is 2.77. The van der Waals surface area contributed by atoms with Crippen LogP contribution < -0.4 is 21.7 Å². The van der Waals surface area contributed by atoms with Crippen molar-refractivity contribution in [1.29, 1.82) is 0 Å². The molecule has 1 fully saturated rings. The molecule has 168 valence electrons. The zero-order valence-electron chi connectivity index (χ0n) is 19.1. The molecular weight excluding hydrogens is 392 g/mol. The molecule has 0 aliphatic carbocycles. The first-order chi connectivity index (χ1) is 14.3. The van der Waals surface area contributed by atoms with Gasteiger partial charge in [0.25, 0.3) is 5.91 Å².